The molecule has 2 saturated carbocycles. The van der Waals surface area contributed by atoms with E-state index in [1.54, 1.807) is 0 Å². The van der Waals surface area contributed by atoms with E-state index in [-0.39, 0.29) is 28.5 Å². The molecule has 0 amide bonds. The van der Waals surface area contributed by atoms with Gasteiger partial charge in [-0.25, -0.2) is 0 Å². The van der Waals surface area contributed by atoms with Gasteiger partial charge in [0, 0.05) is 42.5 Å². The van der Waals surface area contributed by atoms with Gasteiger partial charge in [0.05, 0.1) is 17.3 Å². The van der Waals surface area contributed by atoms with E-state index in [1.807, 2.05) is 18.5 Å². The summed E-state index contributed by atoms with van der Waals surface area (Å²) in [5.41, 5.74) is 3.01. The number of aliphatic hydroxyl groups is 1. The Morgan fingerprint density at radius 1 is 1.16 bits per heavy atom. The van der Waals surface area contributed by atoms with E-state index in [1.165, 1.54) is 22.1 Å². The van der Waals surface area contributed by atoms with Crippen molar-refractivity contribution in [2.75, 3.05) is 0 Å². The van der Waals surface area contributed by atoms with Gasteiger partial charge in [-0.15, -0.1) is 0 Å². The molecule has 3 aliphatic carbocycles. The van der Waals surface area contributed by atoms with Crippen LogP contribution in [0.1, 0.15) is 63.4 Å². The molecule has 3 heterocycles. The van der Waals surface area contributed by atoms with Crippen molar-refractivity contribution in [3.63, 3.8) is 0 Å². The lowest BCUT2D eigenvalue weighted by atomic mass is 9.58. The molecule has 2 aromatic rings. The highest BCUT2D eigenvalue weighted by Crippen LogP contribution is 2.69. The lowest BCUT2D eigenvalue weighted by Gasteiger charge is -2.53. The van der Waals surface area contributed by atoms with Gasteiger partial charge in [0.25, 0.3) is 0 Å². The first-order valence-corrected chi connectivity index (χ1v) is 12.1. The maximum absolute atomic E-state index is 12.4. The lowest BCUT2D eigenvalue weighted by molar-refractivity contribution is -0.146. The van der Waals surface area contributed by atoms with Gasteiger partial charge in [-0.05, 0) is 71.7 Å². The minimum Gasteiger partial charge on any atom is -0.392 e. The first-order chi connectivity index (χ1) is 15.4. The van der Waals surface area contributed by atoms with Crippen LogP contribution in [0.15, 0.2) is 60.0 Å². The van der Waals surface area contributed by atoms with E-state index in [0.717, 1.165) is 37.5 Å². The van der Waals surface area contributed by atoms with Crippen LogP contribution < -0.4 is 0 Å². The molecule has 1 aromatic carbocycles. The van der Waals surface area contributed by atoms with E-state index >= 15 is 0 Å². The number of ketones is 1. The number of aromatic nitrogens is 1. The molecule has 2 bridgehead atoms. The second-order valence-electron chi connectivity index (χ2n) is 11.1. The minimum absolute atomic E-state index is 0.0581. The number of hydrogen-bond acceptors (Lipinski definition) is 4. The van der Waals surface area contributed by atoms with Gasteiger partial charge < -0.3 is 9.84 Å². The lowest BCUT2D eigenvalue weighted by Crippen LogP contribution is -2.53. The maximum Gasteiger partial charge on any atom is 0.136 e. The van der Waals surface area contributed by atoms with E-state index in [4.69, 9.17) is 4.74 Å². The Morgan fingerprint density at radius 2 is 2.06 bits per heavy atom. The number of ether oxygens (including phenoxy) is 1. The van der Waals surface area contributed by atoms with Gasteiger partial charge in [-0.3, -0.25) is 9.78 Å². The van der Waals surface area contributed by atoms with Crippen molar-refractivity contribution >= 4 is 16.6 Å². The molecule has 6 atom stereocenters. The number of carbonyl (C=O) groups is 1. The van der Waals surface area contributed by atoms with Gasteiger partial charge in [0.2, 0.25) is 0 Å². The fourth-order valence-electron chi connectivity index (χ4n) is 8.13. The standard InChI is InChI=1S/C28H29NO3/c1-26-8-6-21-13-20-4-5-22(30)15-27(20)9-10-28(21,32-27)24(26)14-23(31)25(26)18-3-2-17-7-11-29-16-19(17)12-18/h2-3,6-7,11-13,16,23-25,31H,4-5,8-10,14-15H2,1H3/t23-,24-,25+,26+,27-,28?/m1/s1. The zero-order chi connectivity index (χ0) is 21.7. The molecule has 0 radical (unpaired) electrons. The number of aliphatic hydroxyl groups excluding tert-OH is 1. The van der Waals surface area contributed by atoms with Crippen LogP contribution in [-0.2, 0) is 9.53 Å². The summed E-state index contributed by atoms with van der Waals surface area (Å²) in [5, 5.41) is 13.7. The fourth-order valence-corrected chi connectivity index (χ4v) is 8.13. The summed E-state index contributed by atoms with van der Waals surface area (Å²) in [6, 6.07) is 8.60. The summed E-state index contributed by atoms with van der Waals surface area (Å²) < 4.78 is 7.05. The molecule has 2 aliphatic heterocycles. The minimum atomic E-state index is -0.403. The van der Waals surface area contributed by atoms with Crippen LogP contribution in [0.5, 0.6) is 0 Å². The second kappa shape index (κ2) is 6.18. The van der Waals surface area contributed by atoms with Crippen LogP contribution >= 0.6 is 0 Å². The first kappa shape index (κ1) is 19.2. The van der Waals surface area contributed by atoms with Gasteiger partial charge >= 0.3 is 0 Å². The summed E-state index contributed by atoms with van der Waals surface area (Å²) in [7, 11) is 0. The van der Waals surface area contributed by atoms with Crippen LogP contribution in [0, 0.1) is 11.3 Å². The summed E-state index contributed by atoms with van der Waals surface area (Å²) in [5.74, 6) is 0.635. The Bertz CT molecular complexity index is 1230. The predicted octanol–water partition coefficient (Wildman–Crippen LogP) is 5.02. The van der Waals surface area contributed by atoms with Gasteiger partial charge in [0.1, 0.15) is 5.78 Å². The maximum atomic E-state index is 12.4. The molecule has 1 unspecified atom stereocenters. The SMILES string of the molecule is C[C@]12CC=C3C=C4CCC(=O)C[C@]45CCC3(O5)[C@@H]1C[C@@H](O)[C@@H]2c1ccc2ccncc2c1. The normalized spacial score (nSPS) is 42.2. The molecule has 5 aliphatic rings. The zero-order valence-electron chi connectivity index (χ0n) is 18.5. The van der Waals surface area contributed by atoms with E-state index < -0.39 is 6.10 Å². The molecule has 2 spiro atoms. The van der Waals surface area contributed by atoms with Crippen LogP contribution in [0.25, 0.3) is 10.8 Å². The summed E-state index contributed by atoms with van der Waals surface area (Å²) >= 11 is 0. The Labute approximate surface area is 188 Å². The Morgan fingerprint density at radius 3 is 2.97 bits per heavy atom. The number of benzene rings is 1. The molecular formula is C28H29NO3. The Kier molecular flexibility index (Phi) is 3.71. The third-order valence-electron chi connectivity index (χ3n) is 9.55. The van der Waals surface area contributed by atoms with Crippen LogP contribution in [0.4, 0.5) is 0 Å². The monoisotopic (exact) mass is 427 g/mol. The molecular weight excluding hydrogens is 398 g/mol. The van der Waals surface area contributed by atoms with Crippen LogP contribution in [-0.4, -0.2) is 33.2 Å². The number of nitrogens with zero attached hydrogens (tertiary/aromatic N) is 1. The average Bonchev–Trinajstić information content (AvgIpc) is 3.24. The third kappa shape index (κ3) is 2.30. The predicted molar refractivity (Wildman–Crippen MR) is 122 cm³/mol. The van der Waals surface area contributed by atoms with Gasteiger partial charge in [0.15, 0.2) is 0 Å². The number of rotatable bonds is 1. The molecule has 4 nitrogen and oxygen atoms in total. The largest absolute Gasteiger partial charge is 0.392 e. The highest BCUT2D eigenvalue weighted by Gasteiger charge is 2.68. The number of pyridine rings is 1. The van der Waals surface area contributed by atoms with Crippen LogP contribution in [0.3, 0.4) is 0 Å². The second-order valence-corrected chi connectivity index (χ2v) is 11.1. The molecule has 1 N–H and O–H groups in total. The van der Waals surface area contributed by atoms with Gasteiger partial charge in [-0.1, -0.05) is 31.2 Å². The number of carbonyl (C=O) groups excluding carboxylic acids is 1. The highest BCUT2D eigenvalue weighted by atomic mass is 16.5. The van der Waals surface area contributed by atoms with E-state index in [2.05, 4.69) is 42.3 Å². The quantitative estimate of drug-likeness (QED) is 0.695. The topological polar surface area (TPSA) is 59.4 Å². The van der Waals surface area contributed by atoms with Crippen molar-refractivity contribution in [2.45, 2.75) is 75.1 Å². The number of fused-ring (bicyclic) bond motifs is 2. The molecule has 164 valence electrons. The van der Waals surface area contributed by atoms with Crippen molar-refractivity contribution in [1.82, 2.24) is 4.98 Å². The summed E-state index contributed by atoms with van der Waals surface area (Å²) in [6.45, 7) is 2.35. The number of hydrogen-bond donors (Lipinski definition) is 1. The van der Waals surface area contributed by atoms with E-state index in [9.17, 15) is 9.90 Å². The van der Waals surface area contributed by atoms with Crippen molar-refractivity contribution in [2.24, 2.45) is 11.3 Å². The van der Waals surface area contributed by atoms with Crippen LogP contribution in [0.2, 0.25) is 0 Å². The van der Waals surface area contributed by atoms with Crippen molar-refractivity contribution < 1.29 is 14.6 Å². The van der Waals surface area contributed by atoms with Crippen molar-refractivity contribution in [3.05, 3.63) is 65.5 Å². The molecule has 4 heteroatoms. The first-order valence-electron chi connectivity index (χ1n) is 12.1. The Balaban J connectivity index is 1.34. The number of Topliss-reactive ketones (excluding diaryl/α,β-unsaturated/α-hetero) is 1. The summed E-state index contributed by atoms with van der Waals surface area (Å²) in [6.07, 6.45) is 13.7. The number of allylic oxidation sites excluding steroid dienone is 1. The zero-order valence-corrected chi connectivity index (χ0v) is 18.5. The molecule has 1 aromatic heterocycles. The molecule has 3 fully saturated rings. The van der Waals surface area contributed by atoms with E-state index in [0.29, 0.717) is 18.6 Å². The fraction of sp³-hybridized carbons (Fsp3) is 0.500. The summed E-state index contributed by atoms with van der Waals surface area (Å²) in [4.78, 5) is 16.7. The molecule has 7 rings (SSSR count). The van der Waals surface area contributed by atoms with Crippen molar-refractivity contribution in [3.8, 4) is 0 Å². The van der Waals surface area contributed by atoms with Gasteiger partial charge in [-0.2, -0.15) is 0 Å². The van der Waals surface area contributed by atoms with Crippen molar-refractivity contribution in [1.29, 1.82) is 0 Å². The average molecular weight is 428 g/mol. The highest BCUT2D eigenvalue weighted by molar-refractivity contribution is 5.83. The Hall–Kier alpha value is -2.30. The molecule has 32 heavy (non-hydrogen) atoms. The molecule has 1 saturated heterocycles. The third-order valence-corrected chi connectivity index (χ3v) is 9.55. The smallest absolute Gasteiger partial charge is 0.136 e.